The van der Waals surface area contributed by atoms with Crippen molar-refractivity contribution < 1.29 is 14.4 Å². The minimum Gasteiger partial charge on any atom is -0.322 e. The van der Waals surface area contributed by atoms with Crippen LogP contribution in [0.5, 0.6) is 0 Å². The number of urea groups is 1. The van der Waals surface area contributed by atoms with Crippen LogP contribution in [0.1, 0.15) is 33.6 Å². The van der Waals surface area contributed by atoms with Crippen LogP contribution in [0.25, 0.3) is 0 Å². The number of carbonyl (C=O) groups is 3. The van der Waals surface area contributed by atoms with Gasteiger partial charge in [0, 0.05) is 19.6 Å². The first kappa shape index (κ1) is 23.8. The molecular weight excluding hydrogens is 356 g/mol. The van der Waals surface area contributed by atoms with E-state index in [1.54, 1.807) is 0 Å². The molecule has 3 heterocycles. The van der Waals surface area contributed by atoms with Crippen LogP contribution in [-0.2, 0) is 9.59 Å². The summed E-state index contributed by atoms with van der Waals surface area (Å²) in [5, 5.41) is 8.75. The fourth-order valence-electron chi connectivity index (χ4n) is 4.11. The number of rotatable bonds is 5. The molecule has 1 unspecified atom stereocenters. The summed E-state index contributed by atoms with van der Waals surface area (Å²) in [6.07, 6.45) is 7.80. The van der Waals surface area contributed by atoms with E-state index in [2.05, 4.69) is 33.5 Å². The molecule has 0 radical (unpaired) electrons. The van der Waals surface area contributed by atoms with E-state index >= 15 is 0 Å². The molecule has 3 amide bonds. The van der Waals surface area contributed by atoms with E-state index in [1.807, 2.05) is 39.7 Å². The summed E-state index contributed by atoms with van der Waals surface area (Å²) in [5.74, 6) is -0.0258. The van der Waals surface area contributed by atoms with Crippen molar-refractivity contribution in [2.45, 2.75) is 39.2 Å². The van der Waals surface area contributed by atoms with Crippen LogP contribution in [0.15, 0.2) is 36.0 Å². The van der Waals surface area contributed by atoms with Crippen molar-refractivity contribution in [3.63, 3.8) is 0 Å². The van der Waals surface area contributed by atoms with Gasteiger partial charge in [-0.15, -0.1) is 0 Å². The lowest BCUT2D eigenvalue weighted by Gasteiger charge is -2.39. The van der Waals surface area contributed by atoms with E-state index in [9.17, 15) is 9.59 Å². The molecule has 1 atom stereocenters. The van der Waals surface area contributed by atoms with Gasteiger partial charge >= 0.3 is 6.03 Å². The van der Waals surface area contributed by atoms with Crippen LogP contribution in [0.4, 0.5) is 4.79 Å². The highest BCUT2D eigenvalue weighted by Gasteiger charge is 2.52. The number of nitrogens with zero attached hydrogens (tertiary/aromatic N) is 1. The summed E-state index contributed by atoms with van der Waals surface area (Å²) < 4.78 is 0. The van der Waals surface area contributed by atoms with Crippen LogP contribution in [0.2, 0.25) is 0 Å². The Balaban J connectivity index is 0.000000921. The lowest BCUT2D eigenvalue weighted by Crippen LogP contribution is -2.61. The van der Waals surface area contributed by atoms with E-state index in [0.717, 1.165) is 39.0 Å². The summed E-state index contributed by atoms with van der Waals surface area (Å²) in [7, 11) is 0. The summed E-state index contributed by atoms with van der Waals surface area (Å²) in [4.78, 5) is 34.8. The monoisotopic (exact) mass is 390 g/mol. The number of piperidine rings is 1. The van der Waals surface area contributed by atoms with Gasteiger partial charge in [-0.1, -0.05) is 38.7 Å². The normalized spacial score (nSPS) is 25.5. The standard InChI is InChI=1S/C18H26N4O2.C2H6.CH2O/c1-3-5-14-11-22(10-13(14)4-2)12-18(15-6-8-19-9-7-15)16(23)20-17(24)21-18;2*1-2/h3-5,15,19H,2,6-12H2,1H3,(H2,20,21,23,24);1-2H3;1H2/b5-3-;;. The number of allylic oxidation sites excluding steroid dienone is 1. The second kappa shape index (κ2) is 11.6. The molecule has 156 valence electrons. The third-order valence-electron chi connectivity index (χ3n) is 5.29. The topological polar surface area (TPSA) is 90.5 Å². The first-order valence-electron chi connectivity index (χ1n) is 9.91. The van der Waals surface area contributed by atoms with Crippen molar-refractivity contribution in [3.05, 3.63) is 36.0 Å². The molecule has 0 aromatic carbocycles. The highest BCUT2D eigenvalue weighted by atomic mass is 16.2. The zero-order valence-electron chi connectivity index (χ0n) is 17.3. The Morgan fingerprint density at radius 3 is 2.25 bits per heavy atom. The largest absolute Gasteiger partial charge is 0.322 e. The van der Waals surface area contributed by atoms with E-state index in [-0.39, 0.29) is 17.9 Å². The van der Waals surface area contributed by atoms with Crippen molar-refractivity contribution >= 4 is 18.7 Å². The number of hydrogen-bond donors (Lipinski definition) is 3. The average molecular weight is 391 g/mol. The molecule has 0 aromatic rings. The Bertz CT molecular complexity index is 623. The van der Waals surface area contributed by atoms with Gasteiger partial charge in [0.25, 0.3) is 5.91 Å². The summed E-state index contributed by atoms with van der Waals surface area (Å²) in [5.41, 5.74) is 1.60. The predicted octanol–water partition coefficient (Wildman–Crippen LogP) is 1.78. The van der Waals surface area contributed by atoms with Gasteiger partial charge in [0.2, 0.25) is 0 Å². The quantitative estimate of drug-likeness (QED) is 0.623. The van der Waals surface area contributed by atoms with E-state index in [1.165, 1.54) is 11.1 Å². The van der Waals surface area contributed by atoms with Crippen LogP contribution >= 0.6 is 0 Å². The molecular formula is C21H34N4O3. The molecule has 2 fully saturated rings. The van der Waals surface area contributed by atoms with Crippen molar-refractivity contribution in [2.75, 3.05) is 32.7 Å². The maximum Gasteiger partial charge on any atom is 0.322 e. The Kier molecular flexibility index (Phi) is 9.82. The SMILES string of the molecule is C=CC1=C(/C=C\C)CN(CC2(C3CCNCC3)NC(=O)NC2=O)C1.C=O.CC. The maximum atomic E-state index is 12.7. The Morgan fingerprint density at radius 1 is 1.14 bits per heavy atom. The number of hydrogen-bond acceptors (Lipinski definition) is 5. The second-order valence-corrected chi connectivity index (χ2v) is 6.80. The third-order valence-corrected chi connectivity index (χ3v) is 5.29. The molecule has 7 nitrogen and oxygen atoms in total. The number of imide groups is 1. The lowest BCUT2D eigenvalue weighted by atomic mass is 9.77. The molecule has 2 saturated heterocycles. The fraction of sp³-hybridized carbons (Fsp3) is 0.571. The molecule has 0 spiro atoms. The molecule has 7 heteroatoms. The highest BCUT2D eigenvalue weighted by Crippen LogP contribution is 2.32. The lowest BCUT2D eigenvalue weighted by molar-refractivity contribution is -0.127. The zero-order valence-corrected chi connectivity index (χ0v) is 17.3. The van der Waals surface area contributed by atoms with Gasteiger partial charge < -0.3 is 15.4 Å². The first-order valence-corrected chi connectivity index (χ1v) is 9.91. The van der Waals surface area contributed by atoms with Crippen molar-refractivity contribution in [2.24, 2.45) is 5.92 Å². The van der Waals surface area contributed by atoms with Crippen LogP contribution in [0.3, 0.4) is 0 Å². The van der Waals surface area contributed by atoms with Crippen molar-refractivity contribution in [1.29, 1.82) is 0 Å². The van der Waals surface area contributed by atoms with Gasteiger partial charge in [-0.3, -0.25) is 15.0 Å². The zero-order chi connectivity index (χ0) is 21.2. The molecule has 3 aliphatic rings. The van der Waals surface area contributed by atoms with E-state index in [0.29, 0.717) is 6.54 Å². The predicted molar refractivity (Wildman–Crippen MR) is 112 cm³/mol. The molecule has 0 aromatic heterocycles. The molecule has 3 N–H and O–H groups in total. The number of carbonyl (C=O) groups excluding carboxylic acids is 3. The number of nitrogens with one attached hydrogen (secondary N) is 3. The van der Waals surface area contributed by atoms with Gasteiger partial charge in [0.1, 0.15) is 12.3 Å². The molecule has 0 saturated carbocycles. The minimum absolute atomic E-state index is 0.156. The summed E-state index contributed by atoms with van der Waals surface area (Å²) in [6, 6.07) is -0.372. The Labute approximate surface area is 168 Å². The summed E-state index contributed by atoms with van der Waals surface area (Å²) >= 11 is 0. The smallest absolute Gasteiger partial charge is 0.322 e. The Morgan fingerprint density at radius 2 is 1.75 bits per heavy atom. The van der Waals surface area contributed by atoms with Gasteiger partial charge in [0.15, 0.2) is 0 Å². The van der Waals surface area contributed by atoms with Gasteiger partial charge in [0.05, 0.1) is 0 Å². The number of amides is 3. The van der Waals surface area contributed by atoms with Crippen LogP contribution < -0.4 is 16.0 Å². The fourth-order valence-corrected chi connectivity index (χ4v) is 4.11. The maximum absolute atomic E-state index is 12.7. The second-order valence-electron chi connectivity index (χ2n) is 6.80. The van der Waals surface area contributed by atoms with Crippen molar-refractivity contribution in [3.8, 4) is 0 Å². The van der Waals surface area contributed by atoms with Gasteiger partial charge in [-0.25, -0.2) is 4.79 Å². The third kappa shape index (κ3) is 5.17. The van der Waals surface area contributed by atoms with E-state index < -0.39 is 5.54 Å². The molecule has 3 aliphatic heterocycles. The Hall–Kier alpha value is -2.25. The summed E-state index contributed by atoms with van der Waals surface area (Å²) in [6.45, 7) is 15.7. The van der Waals surface area contributed by atoms with Crippen LogP contribution in [-0.4, -0.2) is 61.9 Å². The first-order chi connectivity index (χ1) is 13.6. The molecule has 0 bridgehead atoms. The van der Waals surface area contributed by atoms with Gasteiger partial charge in [-0.05, 0) is 49.9 Å². The molecule has 28 heavy (non-hydrogen) atoms. The molecule has 0 aliphatic carbocycles. The molecule has 3 rings (SSSR count). The average Bonchev–Trinajstić information content (AvgIpc) is 3.25. The minimum atomic E-state index is -0.823. The van der Waals surface area contributed by atoms with Crippen LogP contribution in [0, 0.1) is 5.92 Å². The highest BCUT2D eigenvalue weighted by molar-refractivity contribution is 6.07. The van der Waals surface area contributed by atoms with Crippen molar-refractivity contribution in [1.82, 2.24) is 20.9 Å². The van der Waals surface area contributed by atoms with E-state index in [4.69, 9.17) is 4.79 Å². The van der Waals surface area contributed by atoms with Gasteiger partial charge in [-0.2, -0.15) is 0 Å².